The predicted octanol–water partition coefficient (Wildman–Crippen LogP) is 1.40. The first-order chi connectivity index (χ1) is 9.13. The molecule has 0 spiro atoms. The maximum atomic E-state index is 6.59. The lowest BCUT2D eigenvalue weighted by Gasteiger charge is -2.46. The molecule has 0 amide bonds. The highest BCUT2D eigenvalue weighted by Crippen LogP contribution is 2.32. The van der Waals surface area contributed by atoms with Gasteiger partial charge in [-0.15, -0.1) is 0 Å². The average Bonchev–Trinajstić information content (AvgIpc) is 2.94. The number of ether oxygens (including phenoxy) is 1. The summed E-state index contributed by atoms with van der Waals surface area (Å²) in [5, 5.41) is 4.34. The summed E-state index contributed by atoms with van der Waals surface area (Å²) in [5.41, 5.74) is 7.67. The van der Waals surface area contributed by atoms with Crippen molar-refractivity contribution in [3.05, 3.63) is 18.0 Å². The third kappa shape index (κ3) is 2.68. The number of aryl methyl sites for hydroxylation is 1. The molecule has 0 bridgehead atoms. The van der Waals surface area contributed by atoms with E-state index in [1.807, 2.05) is 16.9 Å². The summed E-state index contributed by atoms with van der Waals surface area (Å²) in [6.07, 6.45) is 2.86. The Morgan fingerprint density at radius 1 is 1.42 bits per heavy atom. The SMILES string of the molecule is CCn1nccc1C(N)C(C)(CC)N1CCOCC1. The van der Waals surface area contributed by atoms with Crippen LogP contribution in [0.15, 0.2) is 12.3 Å². The second-order valence-corrected chi connectivity index (χ2v) is 5.36. The summed E-state index contributed by atoms with van der Waals surface area (Å²) >= 11 is 0. The molecule has 5 heteroatoms. The molecule has 2 rings (SSSR count). The van der Waals surface area contributed by atoms with Crippen LogP contribution >= 0.6 is 0 Å². The van der Waals surface area contributed by atoms with Crippen molar-refractivity contribution >= 4 is 0 Å². The molecule has 0 aromatic carbocycles. The monoisotopic (exact) mass is 266 g/mol. The van der Waals surface area contributed by atoms with Crippen molar-refractivity contribution < 1.29 is 4.74 Å². The summed E-state index contributed by atoms with van der Waals surface area (Å²) in [6, 6.07) is 2.01. The number of aromatic nitrogens is 2. The summed E-state index contributed by atoms with van der Waals surface area (Å²) in [7, 11) is 0. The fourth-order valence-corrected chi connectivity index (χ4v) is 2.90. The molecule has 2 atom stereocenters. The lowest BCUT2D eigenvalue weighted by molar-refractivity contribution is -0.0287. The van der Waals surface area contributed by atoms with Gasteiger partial charge in [0.15, 0.2) is 0 Å². The first-order valence-electron chi connectivity index (χ1n) is 7.23. The Bertz CT molecular complexity index is 400. The topological polar surface area (TPSA) is 56.3 Å². The van der Waals surface area contributed by atoms with E-state index < -0.39 is 0 Å². The van der Waals surface area contributed by atoms with E-state index in [4.69, 9.17) is 10.5 Å². The first kappa shape index (κ1) is 14.5. The largest absolute Gasteiger partial charge is 0.379 e. The molecule has 1 saturated heterocycles. The van der Waals surface area contributed by atoms with Gasteiger partial charge in [0.05, 0.1) is 24.9 Å². The molecule has 2 heterocycles. The standard InChI is InChI=1S/C14H26N4O/c1-4-14(3,17-8-10-19-11-9-17)13(15)12-6-7-16-18(12)5-2/h6-7,13H,4-5,8-11,15H2,1-3H3. The van der Waals surface area contributed by atoms with Crippen molar-refractivity contribution in [3.8, 4) is 0 Å². The molecule has 2 unspecified atom stereocenters. The highest BCUT2D eigenvalue weighted by molar-refractivity contribution is 5.14. The zero-order chi connectivity index (χ0) is 13.9. The summed E-state index contributed by atoms with van der Waals surface area (Å²) in [4.78, 5) is 2.47. The van der Waals surface area contributed by atoms with Crippen LogP contribution in [0.5, 0.6) is 0 Å². The summed E-state index contributed by atoms with van der Waals surface area (Å²) in [6.45, 7) is 10.9. The second kappa shape index (κ2) is 6.03. The van der Waals surface area contributed by atoms with Crippen LogP contribution in [0.3, 0.4) is 0 Å². The van der Waals surface area contributed by atoms with Crippen molar-refractivity contribution in [1.82, 2.24) is 14.7 Å². The number of morpholine rings is 1. The molecule has 0 aliphatic carbocycles. The molecule has 1 fully saturated rings. The Labute approximate surface area is 115 Å². The van der Waals surface area contributed by atoms with Crippen LogP contribution in [0, 0.1) is 0 Å². The third-order valence-electron chi connectivity index (χ3n) is 4.49. The Kier molecular flexibility index (Phi) is 4.60. The van der Waals surface area contributed by atoms with Gasteiger partial charge in [-0.3, -0.25) is 9.58 Å². The van der Waals surface area contributed by atoms with Crippen LogP contribution < -0.4 is 5.73 Å². The maximum absolute atomic E-state index is 6.59. The number of nitrogens with zero attached hydrogens (tertiary/aromatic N) is 3. The maximum Gasteiger partial charge on any atom is 0.0651 e. The minimum Gasteiger partial charge on any atom is -0.379 e. The van der Waals surface area contributed by atoms with Gasteiger partial charge in [0, 0.05) is 31.4 Å². The van der Waals surface area contributed by atoms with E-state index in [0.717, 1.165) is 45.0 Å². The predicted molar refractivity (Wildman–Crippen MR) is 75.9 cm³/mol. The van der Waals surface area contributed by atoms with Crippen LogP contribution in [0.25, 0.3) is 0 Å². The molecule has 2 N–H and O–H groups in total. The number of rotatable bonds is 5. The van der Waals surface area contributed by atoms with Gasteiger partial charge in [0.1, 0.15) is 0 Å². The molecular formula is C14H26N4O. The molecular weight excluding hydrogens is 240 g/mol. The molecule has 5 nitrogen and oxygen atoms in total. The van der Waals surface area contributed by atoms with Crippen molar-refractivity contribution in [2.75, 3.05) is 26.3 Å². The number of hydrogen-bond acceptors (Lipinski definition) is 4. The minimum absolute atomic E-state index is 0.0296. The van der Waals surface area contributed by atoms with E-state index in [0.29, 0.717) is 0 Å². The zero-order valence-corrected chi connectivity index (χ0v) is 12.3. The molecule has 0 saturated carbocycles. The second-order valence-electron chi connectivity index (χ2n) is 5.36. The van der Waals surface area contributed by atoms with Gasteiger partial charge in [-0.1, -0.05) is 6.92 Å². The van der Waals surface area contributed by atoms with Gasteiger partial charge in [0.2, 0.25) is 0 Å². The van der Waals surface area contributed by atoms with Crippen molar-refractivity contribution in [1.29, 1.82) is 0 Å². The zero-order valence-electron chi connectivity index (χ0n) is 12.3. The smallest absolute Gasteiger partial charge is 0.0651 e. The molecule has 0 radical (unpaired) electrons. The molecule has 108 valence electrons. The fraction of sp³-hybridized carbons (Fsp3) is 0.786. The van der Waals surface area contributed by atoms with Crippen LogP contribution in [-0.2, 0) is 11.3 Å². The Morgan fingerprint density at radius 2 is 2.11 bits per heavy atom. The highest BCUT2D eigenvalue weighted by Gasteiger charge is 2.39. The lowest BCUT2D eigenvalue weighted by Crippen LogP contribution is -2.57. The fourth-order valence-electron chi connectivity index (χ4n) is 2.90. The Morgan fingerprint density at radius 3 is 2.68 bits per heavy atom. The van der Waals surface area contributed by atoms with E-state index in [2.05, 4.69) is 30.8 Å². The van der Waals surface area contributed by atoms with Gasteiger partial charge in [0.25, 0.3) is 0 Å². The normalized spacial score (nSPS) is 22.1. The van der Waals surface area contributed by atoms with Crippen LogP contribution in [-0.4, -0.2) is 46.5 Å². The van der Waals surface area contributed by atoms with E-state index in [1.54, 1.807) is 0 Å². The van der Waals surface area contributed by atoms with Gasteiger partial charge in [-0.2, -0.15) is 5.10 Å². The van der Waals surface area contributed by atoms with E-state index in [-0.39, 0.29) is 11.6 Å². The van der Waals surface area contributed by atoms with E-state index in [1.165, 1.54) is 0 Å². The quantitative estimate of drug-likeness (QED) is 0.875. The number of hydrogen-bond donors (Lipinski definition) is 1. The van der Waals surface area contributed by atoms with E-state index >= 15 is 0 Å². The minimum atomic E-state index is -0.0449. The van der Waals surface area contributed by atoms with Crippen molar-refractivity contribution in [2.45, 2.75) is 45.3 Å². The van der Waals surface area contributed by atoms with Gasteiger partial charge in [-0.25, -0.2) is 0 Å². The highest BCUT2D eigenvalue weighted by atomic mass is 16.5. The van der Waals surface area contributed by atoms with Crippen LogP contribution in [0.2, 0.25) is 0 Å². The van der Waals surface area contributed by atoms with E-state index in [9.17, 15) is 0 Å². The van der Waals surface area contributed by atoms with Gasteiger partial charge >= 0.3 is 0 Å². The Balaban J connectivity index is 2.24. The summed E-state index contributed by atoms with van der Waals surface area (Å²) in [5.74, 6) is 0. The Hall–Kier alpha value is -0.910. The van der Waals surface area contributed by atoms with Crippen molar-refractivity contribution in [2.24, 2.45) is 5.73 Å². The molecule has 1 aromatic rings. The summed E-state index contributed by atoms with van der Waals surface area (Å²) < 4.78 is 7.45. The van der Waals surface area contributed by atoms with Gasteiger partial charge < -0.3 is 10.5 Å². The van der Waals surface area contributed by atoms with Crippen LogP contribution in [0.1, 0.15) is 38.9 Å². The average molecular weight is 266 g/mol. The molecule has 1 aromatic heterocycles. The number of nitrogens with two attached hydrogens (primary N) is 1. The third-order valence-corrected chi connectivity index (χ3v) is 4.49. The lowest BCUT2D eigenvalue weighted by atomic mass is 9.85. The van der Waals surface area contributed by atoms with Crippen molar-refractivity contribution in [3.63, 3.8) is 0 Å². The molecule has 1 aliphatic heterocycles. The molecule has 19 heavy (non-hydrogen) atoms. The van der Waals surface area contributed by atoms with Crippen LogP contribution in [0.4, 0.5) is 0 Å². The molecule has 1 aliphatic rings. The first-order valence-corrected chi connectivity index (χ1v) is 7.23. The van der Waals surface area contributed by atoms with Gasteiger partial charge in [-0.05, 0) is 26.3 Å².